The molecule has 0 aliphatic rings. The van der Waals surface area contributed by atoms with Crippen LogP contribution in [-0.2, 0) is 4.79 Å². The Bertz CT molecular complexity index is 284. The van der Waals surface area contributed by atoms with Crippen LogP contribution >= 0.6 is 11.3 Å². The fourth-order valence-corrected chi connectivity index (χ4v) is 1.65. The van der Waals surface area contributed by atoms with Crippen LogP contribution in [0.5, 0.6) is 0 Å². The second kappa shape index (κ2) is 3.64. The van der Waals surface area contributed by atoms with E-state index in [1.807, 2.05) is 6.92 Å². The van der Waals surface area contributed by atoms with Gasteiger partial charge in [0.1, 0.15) is 0 Å². The normalized spacial score (nSPS) is 12.8. The van der Waals surface area contributed by atoms with Crippen molar-refractivity contribution < 1.29 is 4.79 Å². The van der Waals surface area contributed by atoms with Crippen LogP contribution in [0.2, 0.25) is 0 Å². The van der Waals surface area contributed by atoms with E-state index in [1.54, 1.807) is 6.20 Å². The quantitative estimate of drug-likeness (QED) is 0.711. The van der Waals surface area contributed by atoms with Gasteiger partial charge in [-0.3, -0.25) is 4.79 Å². The summed E-state index contributed by atoms with van der Waals surface area (Å²) in [6.07, 6.45) is 1.87. The van der Waals surface area contributed by atoms with Crippen molar-refractivity contribution >= 4 is 17.2 Å². The van der Waals surface area contributed by atoms with Crippen LogP contribution in [0, 0.1) is 6.92 Å². The molecule has 0 radical (unpaired) electrons. The van der Waals surface area contributed by atoms with E-state index in [-0.39, 0.29) is 18.4 Å². The van der Waals surface area contributed by atoms with Crippen molar-refractivity contribution in [3.8, 4) is 0 Å². The summed E-state index contributed by atoms with van der Waals surface area (Å²) in [6, 6.07) is -0.298. The molecule has 0 bridgehead atoms. The number of amides is 1. The monoisotopic (exact) mass is 185 g/mol. The molecule has 0 spiro atoms. The van der Waals surface area contributed by atoms with E-state index in [4.69, 9.17) is 11.5 Å². The number of aryl methyl sites for hydroxylation is 1. The molecular formula is C7H11N3OS. The molecule has 0 saturated carbocycles. The average Bonchev–Trinajstić information content (AvgIpc) is 2.34. The SMILES string of the molecule is Cc1ncc(C(N)CC(N)=O)s1. The molecule has 0 aromatic carbocycles. The summed E-state index contributed by atoms with van der Waals surface area (Å²) in [6.45, 7) is 1.89. The molecule has 0 aliphatic heterocycles. The highest BCUT2D eigenvalue weighted by Crippen LogP contribution is 2.20. The number of carbonyl (C=O) groups excluding carboxylic acids is 1. The Kier molecular flexibility index (Phi) is 2.78. The summed E-state index contributed by atoms with van der Waals surface area (Å²) in [7, 11) is 0. The van der Waals surface area contributed by atoms with Gasteiger partial charge >= 0.3 is 0 Å². The largest absolute Gasteiger partial charge is 0.370 e. The molecule has 1 aromatic heterocycles. The first-order valence-corrected chi connectivity index (χ1v) is 4.37. The Morgan fingerprint density at radius 1 is 1.83 bits per heavy atom. The minimum Gasteiger partial charge on any atom is -0.370 e. The lowest BCUT2D eigenvalue weighted by Crippen LogP contribution is -2.19. The molecular weight excluding hydrogens is 174 g/mol. The Morgan fingerprint density at radius 3 is 2.92 bits per heavy atom. The summed E-state index contributed by atoms with van der Waals surface area (Å²) < 4.78 is 0. The number of hydrogen-bond donors (Lipinski definition) is 2. The predicted octanol–water partition coefficient (Wildman–Crippen LogP) is 0.327. The Hall–Kier alpha value is -0.940. The lowest BCUT2D eigenvalue weighted by molar-refractivity contribution is -0.118. The molecule has 1 amide bonds. The summed E-state index contributed by atoms with van der Waals surface area (Å²) >= 11 is 1.49. The summed E-state index contributed by atoms with van der Waals surface area (Å²) in [5.74, 6) is -0.381. The van der Waals surface area contributed by atoms with Gasteiger partial charge in [-0.05, 0) is 6.92 Å². The molecule has 12 heavy (non-hydrogen) atoms. The highest BCUT2D eigenvalue weighted by atomic mass is 32.1. The number of rotatable bonds is 3. The van der Waals surface area contributed by atoms with Gasteiger partial charge in [0, 0.05) is 23.5 Å². The number of carbonyl (C=O) groups is 1. The zero-order valence-electron chi connectivity index (χ0n) is 6.78. The van der Waals surface area contributed by atoms with E-state index in [1.165, 1.54) is 11.3 Å². The standard InChI is InChI=1S/C7H11N3OS/c1-4-10-3-6(12-4)5(8)2-7(9)11/h3,5H,2,8H2,1H3,(H2,9,11). The van der Waals surface area contributed by atoms with Crippen LogP contribution < -0.4 is 11.5 Å². The molecule has 4 nitrogen and oxygen atoms in total. The number of nitrogens with two attached hydrogens (primary N) is 2. The highest BCUT2D eigenvalue weighted by molar-refractivity contribution is 7.11. The first-order chi connectivity index (χ1) is 5.59. The summed E-state index contributed by atoms with van der Waals surface area (Å²) in [5, 5.41) is 0.949. The highest BCUT2D eigenvalue weighted by Gasteiger charge is 2.11. The van der Waals surface area contributed by atoms with Gasteiger partial charge < -0.3 is 11.5 Å². The second-order valence-corrected chi connectivity index (χ2v) is 3.82. The lowest BCUT2D eigenvalue weighted by atomic mass is 10.2. The van der Waals surface area contributed by atoms with Gasteiger partial charge in [-0.15, -0.1) is 11.3 Å². The van der Waals surface area contributed by atoms with Gasteiger partial charge in [-0.2, -0.15) is 0 Å². The predicted molar refractivity (Wildman–Crippen MR) is 47.6 cm³/mol. The summed E-state index contributed by atoms with van der Waals surface area (Å²) in [4.78, 5) is 15.5. The smallest absolute Gasteiger partial charge is 0.219 e. The number of primary amides is 1. The zero-order valence-corrected chi connectivity index (χ0v) is 7.60. The van der Waals surface area contributed by atoms with E-state index >= 15 is 0 Å². The van der Waals surface area contributed by atoms with Crippen molar-refractivity contribution in [2.24, 2.45) is 11.5 Å². The molecule has 1 rings (SSSR count). The zero-order chi connectivity index (χ0) is 9.14. The molecule has 1 atom stereocenters. The average molecular weight is 185 g/mol. The topological polar surface area (TPSA) is 82.0 Å². The van der Waals surface area contributed by atoms with Crippen LogP contribution in [0.15, 0.2) is 6.20 Å². The summed E-state index contributed by atoms with van der Waals surface area (Å²) in [5.41, 5.74) is 10.7. The first kappa shape index (κ1) is 9.15. The minimum absolute atomic E-state index is 0.182. The molecule has 0 saturated heterocycles. The molecule has 66 valence electrons. The van der Waals surface area contributed by atoms with E-state index in [9.17, 15) is 4.79 Å². The first-order valence-electron chi connectivity index (χ1n) is 3.56. The maximum atomic E-state index is 10.5. The molecule has 0 fully saturated rings. The van der Waals surface area contributed by atoms with Crippen molar-refractivity contribution in [3.05, 3.63) is 16.1 Å². The number of nitrogens with zero attached hydrogens (tertiary/aromatic N) is 1. The molecule has 1 heterocycles. The van der Waals surface area contributed by atoms with E-state index in [0.717, 1.165) is 9.88 Å². The fourth-order valence-electron chi connectivity index (χ4n) is 0.867. The number of hydrogen-bond acceptors (Lipinski definition) is 4. The fraction of sp³-hybridized carbons (Fsp3) is 0.429. The molecule has 5 heteroatoms. The molecule has 1 unspecified atom stereocenters. The van der Waals surface area contributed by atoms with Crippen LogP contribution in [-0.4, -0.2) is 10.9 Å². The maximum absolute atomic E-state index is 10.5. The molecule has 4 N–H and O–H groups in total. The van der Waals surface area contributed by atoms with Gasteiger partial charge in [0.05, 0.1) is 5.01 Å². The van der Waals surface area contributed by atoms with Crippen molar-refractivity contribution in [3.63, 3.8) is 0 Å². The molecule has 0 aliphatic carbocycles. The van der Waals surface area contributed by atoms with Gasteiger partial charge in [-0.1, -0.05) is 0 Å². The Balaban J connectivity index is 2.64. The van der Waals surface area contributed by atoms with Gasteiger partial charge in [0.15, 0.2) is 0 Å². The van der Waals surface area contributed by atoms with Crippen LogP contribution in [0.4, 0.5) is 0 Å². The Morgan fingerprint density at radius 2 is 2.50 bits per heavy atom. The van der Waals surface area contributed by atoms with Crippen molar-refractivity contribution in [2.75, 3.05) is 0 Å². The third-order valence-electron chi connectivity index (χ3n) is 1.43. The number of thiazole rings is 1. The van der Waals surface area contributed by atoms with E-state index < -0.39 is 0 Å². The second-order valence-electron chi connectivity index (χ2n) is 2.56. The third kappa shape index (κ3) is 2.28. The van der Waals surface area contributed by atoms with Crippen LogP contribution in [0.3, 0.4) is 0 Å². The van der Waals surface area contributed by atoms with Crippen LogP contribution in [0.1, 0.15) is 22.3 Å². The Labute approximate surface area is 74.6 Å². The third-order valence-corrected chi connectivity index (χ3v) is 2.47. The van der Waals surface area contributed by atoms with Crippen molar-refractivity contribution in [1.82, 2.24) is 4.98 Å². The van der Waals surface area contributed by atoms with Crippen molar-refractivity contribution in [1.29, 1.82) is 0 Å². The number of aromatic nitrogens is 1. The van der Waals surface area contributed by atoms with Crippen molar-refractivity contribution in [2.45, 2.75) is 19.4 Å². The minimum atomic E-state index is -0.381. The maximum Gasteiger partial charge on any atom is 0.219 e. The molecule has 1 aromatic rings. The van der Waals surface area contributed by atoms with E-state index in [0.29, 0.717) is 0 Å². The van der Waals surface area contributed by atoms with Crippen LogP contribution in [0.25, 0.3) is 0 Å². The van der Waals surface area contributed by atoms with Gasteiger partial charge in [0.2, 0.25) is 5.91 Å². The van der Waals surface area contributed by atoms with E-state index in [2.05, 4.69) is 4.98 Å². The lowest BCUT2D eigenvalue weighted by Gasteiger charge is -2.04. The van der Waals surface area contributed by atoms with Gasteiger partial charge in [0.25, 0.3) is 0 Å². The van der Waals surface area contributed by atoms with Gasteiger partial charge in [-0.25, -0.2) is 4.98 Å².